The van der Waals surface area contributed by atoms with Crippen LogP contribution < -0.4 is 5.32 Å². The summed E-state index contributed by atoms with van der Waals surface area (Å²) in [4.78, 5) is 10.8. The van der Waals surface area contributed by atoms with Crippen LogP contribution in [0.1, 0.15) is 37.3 Å². The summed E-state index contributed by atoms with van der Waals surface area (Å²) in [5.74, 6) is 0.0497. The maximum atomic E-state index is 10.8. The van der Waals surface area contributed by atoms with E-state index in [1.54, 1.807) is 0 Å². The number of nitrogens with one attached hydrogen (secondary N) is 1. The second-order valence-corrected chi connectivity index (χ2v) is 5.34. The molecule has 0 radical (unpaired) electrons. The first-order valence-electron chi connectivity index (χ1n) is 6.67. The van der Waals surface area contributed by atoms with E-state index in [4.69, 9.17) is 5.11 Å². The Morgan fingerprint density at radius 3 is 2.67 bits per heavy atom. The highest BCUT2D eigenvalue weighted by atomic mass is 16.4. The lowest BCUT2D eigenvalue weighted by Crippen LogP contribution is -2.26. The smallest absolute Gasteiger partial charge is 0.307 e. The van der Waals surface area contributed by atoms with Crippen molar-refractivity contribution in [3.63, 3.8) is 0 Å². The minimum atomic E-state index is -0.767. The van der Waals surface area contributed by atoms with E-state index in [1.165, 1.54) is 19.3 Å². The van der Waals surface area contributed by atoms with E-state index in [1.807, 2.05) is 24.3 Å². The molecule has 18 heavy (non-hydrogen) atoms. The maximum absolute atomic E-state index is 10.8. The minimum absolute atomic E-state index is 0.110. The summed E-state index contributed by atoms with van der Waals surface area (Å²) in [6.07, 6.45) is 3.89. The molecule has 2 rings (SSSR count). The molecule has 0 saturated heterocycles. The Hall–Kier alpha value is -1.35. The van der Waals surface area contributed by atoms with Crippen LogP contribution in [0.2, 0.25) is 0 Å². The molecule has 2 unspecified atom stereocenters. The van der Waals surface area contributed by atoms with Gasteiger partial charge in [-0.2, -0.15) is 0 Å². The Morgan fingerprint density at radius 1 is 1.33 bits per heavy atom. The third-order valence-corrected chi connectivity index (χ3v) is 3.74. The Bertz CT molecular complexity index is 417. The van der Waals surface area contributed by atoms with Crippen molar-refractivity contribution in [3.05, 3.63) is 35.4 Å². The molecule has 2 N–H and O–H groups in total. The molecular weight excluding hydrogens is 226 g/mol. The predicted octanol–water partition coefficient (Wildman–Crippen LogP) is 2.59. The number of benzene rings is 1. The Labute approximate surface area is 108 Å². The van der Waals surface area contributed by atoms with E-state index in [9.17, 15) is 4.79 Å². The molecule has 0 aromatic heterocycles. The Balaban J connectivity index is 1.94. The average Bonchev–Trinajstić information content (AvgIpc) is 2.73. The van der Waals surface area contributed by atoms with Gasteiger partial charge in [0, 0.05) is 12.6 Å². The number of carboxylic acids is 1. The van der Waals surface area contributed by atoms with Crippen molar-refractivity contribution in [2.45, 2.75) is 45.2 Å². The van der Waals surface area contributed by atoms with E-state index in [0.717, 1.165) is 23.6 Å². The van der Waals surface area contributed by atoms with Crippen molar-refractivity contribution in [3.8, 4) is 0 Å². The molecule has 1 fully saturated rings. The molecule has 98 valence electrons. The first kappa shape index (κ1) is 13.1. The quantitative estimate of drug-likeness (QED) is 0.840. The average molecular weight is 247 g/mol. The SMILES string of the molecule is CC1CCC(NCc2ccccc2CC(=O)O)C1. The van der Waals surface area contributed by atoms with Gasteiger partial charge in [-0.3, -0.25) is 4.79 Å². The van der Waals surface area contributed by atoms with Crippen LogP contribution in [0.5, 0.6) is 0 Å². The molecule has 1 aliphatic rings. The van der Waals surface area contributed by atoms with Crippen LogP contribution in [-0.4, -0.2) is 17.1 Å². The van der Waals surface area contributed by atoms with Crippen LogP contribution in [0.3, 0.4) is 0 Å². The molecule has 3 nitrogen and oxygen atoms in total. The van der Waals surface area contributed by atoms with Gasteiger partial charge in [0.05, 0.1) is 6.42 Å². The largest absolute Gasteiger partial charge is 0.481 e. The summed E-state index contributed by atoms with van der Waals surface area (Å²) >= 11 is 0. The summed E-state index contributed by atoms with van der Waals surface area (Å²) < 4.78 is 0. The zero-order valence-electron chi connectivity index (χ0n) is 10.9. The normalized spacial score (nSPS) is 23.2. The van der Waals surface area contributed by atoms with Crippen LogP contribution in [0.4, 0.5) is 0 Å². The van der Waals surface area contributed by atoms with E-state index in [2.05, 4.69) is 12.2 Å². The van der Waals surface area contributed by atoms with Crippen LogP contribution in [0.25, 0.3) is 0 Å². The number of rotatable bonds is 5. The van der Waals surface area contributed by atoms with Gasteiger partial charge in [0.15, 0.2) is 0 Å². The fourth-order valence-electron chi connectivity index (χ4n) is 2.71. The fourth-order valence-corrected chi connectivity index (χ4v) is 2.71. The zero-order valence-corrected chi connectivity index (χ0v) is 10.9. The number of aliphatic carboxylic acids is 1. The van der Waals surface area contributed by atoms with Crippen LogP contribution >= 0.6 is 0 Å². The molecule has 0 heterocycles. The summed E-state index contributed by atoms with van der Waals surface area (Å²) in [7, 11) is 0. The summed E-state index contributed by atoms with van der Waals surface area (Å²) in [6, 6.07) is 8.39. The van der Waals surface area contributed by atoms with Crippen molar-refractivity contribution < 1.29 is 9.90 Å². The van der Waals surface area contributed by atoms with Crippen molar-refractivity contribution in [2.75, 3.05) is 0 Å². The van der Waals surface area contributed by atoms with Gasteiger partial charge in [-0.05, 0) is 36.3 Å². The molecule has 1 aromatic carbocycles. The molecule has 1 aromatic rings. The minimum Gasteiger partial charge on any atom is -0.481 e. The highest BCUT2D eigenvalue weighted by Gasteiger charge is 2.20. The highest BCUT2D eigenvalue weighted by molar-refractivity contribution is 5.70. The van der Waals surface area contributed by atoms with Gasteiger partial charge in [-0.25, -0.2) is 0 Å². The molecule has 2 atom stereocenters. The molecule has 1 saturated carbocycles. The third kappa shape index (κ3) is 3.57. The zero-order chi connectivity index (χ0) is 13.0. The monoisotopic (exact) mass is 247 g/mol. The first-order chi connectivity index (χ1) is 8.65. The molecule has 1 aliphatic carbocycles. The van der Waals surface area contributed by atoms with Crippen molar-refractivity contribution >= 4 is 5.97 Å². The van der Waals surface area contributed by atoms with Crippen LogP contribution in [0, 0.1) is 5.92 Å². The van der Waals surface area contributed by atoms with E-state index < -0.39 is 5.97 Å². The van der Waals surface area contributed by atoms with Gasteiger partial charge in [0.2, 0.25) is 0 Å². The third-order valence-electron chi connectivity index (χ3n) is 3.74. The van der Waals surface area contributed by atoms with Gasteiger partial charge in [-0.1, -0.05) is 31.2 Å². The summed E-state index contributed by atoms with van der Waals surface area (Å²) in [5, 5.41) is 12.4. The molecule has 0 amide bonds. The molecule has 0 aliphatic heterocycles. The topological polar surface area (TPSA) is 49.3 Å². The lowest BCUT2D eigenvalue weighted by atomic mass is 10.0. The lowest BCUT2D eigenvalue weighted by Gasteiger charge is -2.14. The van der Waals surface area contributed by atoms with Crippen molar-refractivity contribution in [1.82, 2.24) is 5.32 Å². The molecule has 3 heteroatoms. The van der Waals surface area contributed by atoms with E-state index >= 15 is 0 Å². The van der Waals surface area contributed by atoms with E-state index in [-0.39, 0.29) is 6.42 Å². The second-order valence-electron chi connectivity index (χ2n) is 5.34. The molecule has 0 bridgehead atoms. The van der Waals surface area contributed by atoms with Gasteiger partial charge in [-0.15, -0.1) is 0 Å². The molecule has 0 spiro atoms. The Kier molecular flexibility index (Phi) is 4.37. The number of hydrogen-bond donors (Lipinski definition) is 2. The van der Waals surface area contributed by atoms with E-state index in [0.29, 0.717) is 6.04 Å². The van der Waals surface area contributed by atoms with Crippen LogP contribution in [0.15, 0.2) is 24.3 Å². The van der Waals surface area contributed by atoms with Gasteiger partial charge >= 0.3 is 5.97 Å². The fraction of sp³-hybridized carbons (Fsp3) is 0.533. The van der Waals surface area contributed by atoms with Crippen molar-refractivity contribution in [2.24, 2.45) is 5.92 Å². The summed E-state index contributed by atoms with van der Waals surface area (Å²) in [6.45, 7) is 3.07. The second kappa shape index (κ2) is 6.01. The van der Waals surface area contributed by atoms with Gasteiger partial charge in [0.1, 0.15) is 0 Å². The van der Waals surface area contributed by atoms with Gasteiger partial charge in [0.25, 0.3) is 0 Å². The lowest BCUT2D eigenvalue weighted by molar-refractivity contribution is -0.136. The molecular formula is C15H21NO2. The summed E-state index contributed by atoms with van der Waals surface area (Å²) in [5.41, 5.74) is 2.03. The Morgan fingerprint density at radius 2 is 2.06 bits per heavy atom. The highest BCUT2D eigenvalue weighted by Crippen LogP contribution is 2.25. The first-order valence-corrected chi connectivity index (χ1v) is 6.67. The number of hydrogen-bond acceptors (Lipinski definition) is 2. The maximum Gasteiger partial charge on any atom is 0.307 e. The van der Waals surface area contributed by atoms with Crippen molar-refractivity contribution in [1.29, 1.82) is 0 Å². The van der Waals surface area contributed by atoms with Gasteiger partial charge < -0.3 is 10.4 Å². The predicted molar refractivity (Wildman–Crippen MR) is 71.4 cm³/mol. The number of carboxylic acid groups (broad SMARTS) is 1. The number of carbonyl (C=O) groups is 1. The standard InChI is InChI=1S/C15H21NO2/c1-11-6-7-14(8-11)16-10-13-5-3-2-4-12(13)9-15(17)18/h2-5,11,14,16H,6-10H2,1H3,(H,17,18). The van der Waals surface area contributed by atoms with Crippen LogP contribution in [-0.2, 0) is 17.8 Å².